The highest BCUT2D eigenvalue weighted by molar-refractivity contribution is 7.11. The van der Waals surface area contributed by atoms with Gasteiger partial charge in [0.05, 0.1) is 23.4 Å². The van der Waals surface area contributed by atoms with E-state index in [1.165, 1.54) is 11.3 Å². The Morgan fingerprint density at radius 1 is 0.951 bits per heavy atom. The summed E-state index contributed by atoms with van der Waals surface area (Å²) in [5.74, 6) is -1.90. The monoisotopic (exact) mass is 574 g/mol. The summed E-state index contributed by atoms with van der Waals surface area (Å²) in [6.45, 7) is 7.60. The van der Waals surface area contributed by atoms with Gasteiger partial charge in [-0.05, 0) is 44.7 Å². The molecule has 0 aliphatic carbocycles. The van der Waals surface area contributed by atoms with Crippen molar-refractivity contribution in [2.24, 2.45) is 11.8 Å². The minimum atomic E-state index is -0.901. The number of ether oxygens (including phenoxy) is 1. The average molecular weight is 575 g/mol. The number of aryl methyl sites for hydroxylation is 2. The van der Waals surface area contributed by atoms with Crippen LogP contribution in [0.3, 0.4) is 0 Å². The number of Topliss-reactive ketones (excluding diaryl/α,β-unsaturated/α-hetero) is 3. The molecule has 4 rings (SSSR count). The maximum Gasteiger partial charge on any atom is 0.224 e. The van der Waals surface area contributed by atoms with E-state index < -0.39 is 23.5 Å². The first-order valence-electron chi connectivity index (χ1n) is 14.1. The summed E-state index contributed by atoms with van der Waals surface area (Å²) in [6.07, 6.45) is 1.02. The molecule has 41 heavy (non-hydrogen) atoms. The maximum atomic E-state index is 13.7. The van der Waals surface area contributed by atoms with Crippen LogP contribution in [0.4, 0.5) is 0 Å². The van der Waals surface area contributed by atoms with Gasteiger partial charge in [-0.25, -0.2) is 4.98 Å². The third-order valence-electron chi connectivity index (χ3n) is 7.60. The molecule has 1 amide bonds. The van der Waals surface area contributed by atoms with Crippen molar-refractivity contribution in [2.75, 3.05) is 6.61 Å². The summed E-state index contributed by atoms with van der Waals surface area (Å²) in [4.78, 5) is 58.5. The molecule has 7 nitrogen and oxygen atoms in total. The van der Waals surface area contributed by atoms with Gasteiger partial charge in [-0.15, -0.1) is 11.3 Å². The van der Waals surface area contributed by atoms with Gasteiger partial charge < -0.3 is 10.1 Å². The third-order valence-corrected chi connectivity index (χ3v) is 8.67. The van der Waals surface area contributed by atoms with Gasteiger partial charge in [0.1, 0.15) is 17.2 Å². The molecule has 1 fully saturated rings. The van der Waals surface area contributed by atoms with Gasteiger partial charge in [0.2, 0.25) is 5.91 Å². The van der Waals surface area contributed by atoms with Crippen LogP contribution in [0.1, 0.15) is 53.4 Å². The number of aromatic nitrogens is 1. The summed E-state index contributed by atoms with van der Waals surface area (Å²) in [5.41, 5.74) is 1.79. The van der Waals surface area contributed by atoms with E-state index in [-0.39, 0.29) is 42.5 Å². The number of amides is 1. The van der Waals surface area contributed by atoms with Gasteiger partial charge >= 0.3 is 0 Å². The number of hydrogen-bond acceptors (Lipinski definition) is 7. The second kappa shape index (κ2) is 13.4. The van der Waals surface area contributed by atoms with Gasteiger partial charge in [0, 0.05) is 36.0 Å². The zero-order valence-electron chi connectivity index (χ0n) is 24.1. The van der Waals surface area contributed by atoms with E-state index in [2.05, 4.69) is 10.3 Å². The van der Waals surface area contributed by atoms with Gasteiger partial charge in [-0.2, -0.15) is 0 Å². The molecule has 0 bridgehead atoms. The van der Waals surface area contributed by atoms with Crippen LogP contribution in [0.5, 0.6) is 0 Å². The fourth-order valence-electron chi connectivity index (χ4n) is 5.01. The summed E-state index contributed by atoms with van der Waals surface area (Å²) < 4.78 is 5.41. The van der Waals surface area contributed by atoms with Crippen molar-refractivity contribution in [3.05, 3.63) is 87.4 Å². The van der Waals surface area contributed by atoms with Crippen LogP contribution in [-0.4, -0.2) is 46.5 Å². The molecule has 2 aromatic carbocycles. The lowest BCUT2D eigenvalue weighted by molar-refractivity contribution is -0.134. The van der Waals surface area contributed by atoms with Crippen LogP contribution < -0.4 is 5.32 Å². The number of ketones is 3. The largest absolute Gasteiger partial charge is 0.361 e. The number of thiazole rings is 1. The quantitative estimate of drug-likeness (QED) is 0.262. The highest BCUT2D eigenvalue weighted by Crippen LogP contribution is 2.29. The Morgan fingerprint density at radius 3 is 2.07 bits per heavy atom. The van der Waals surface area contributed by atoms with Gasteiger partial charge in [-0.3, -0.25) is 19.2 Å². The predicted molar refractivity (Wildman–Crippen MR) is 159 cm³/mol. The number of benzene rings is 2. The number of epoxide rings is 1. The number of carbonyl (C=O) groups is 4. The first-order valence-corrected chi connectivity index (χ1v) is 14.9. The van der Waals surface area contributed by atoms with Crippen LogP contribution >= 0.6 is 11.3 Å². The van der Waals surface area contributed by atoms with E-state index in [0.717, 1.165) is 26.7 Å². The van der Waals surface area contributed by atoms with Crippen LogP contribution in [0.2, 0.25) is 0 Å². The lowest BCUT2D eigenvalue weighted by atomic mass is 9.87. The van der Waals surface area contributed by atoms with Crippen molar-refractivity contribution >= 4 is 34.6 Å². The van der Waals surface area contributed by atoms with Crippen molar-refractivity contribution in [1.29, 1.82) is 0 Å². The van der Waals surface area contributed by atoms with Crippen LogP contribution in [0, 0.1) is 25.7 Å². The summed E-state index contributed by atoms with van der Waals surface area (Å²) >= 11 is 1.50. The second-order valence-electron chi connectivity index (χ2n) is 11.3. The first kappa shape index (κ1) is 30.5. The van der Waals surface area contributed by atoms with E-state index in [1.54, 1.807) is 13.8 Å². The Morgan fingerprint density at radius 2 is 1.54 bits per heavy atom. The van der Waals surface area contributed by atoms with Gasteiger partial charge in [-0.1, -0.05) is 67.6 Å². The van der Waals surface area contributed by atoms with E-state index >= 15 is 0 Å². The Hall–Kier alpha value is -3.49. The molecule has 8 heteroatoms. The van der Waals surface area contributed by atoms with Crippen molar-refractivity contribution in [3.8, 4) is 0 Å². The summed E-state index contributed by atoms with van der Waals surface area (Å²) in [6, 6.07) is 18.3. The molecule has 1 aliphatic rings. The van der Waals surface area contributed by atoms with Crippen LogP contribution in [0.25, 0.3) is 0 Å². The topological polar surface area (TPSA) is 106 Å². The lowest BCUT2D eigenvalue weighted by Crippen LogP contribution is -2.49. The van der Waals surface area contributed by atoms with E-state index in [9.17, 15) is 19.2 Å². The molecule has 216 valence electrons. The Labute approximate surface area is 245 Å². The Bertz CT molecular complexity index is 1380. The lowest BCUT2D eigenvalue weighted by Gasteiger charge is -2.24. The standard InChI is InChI=1S/C33H38N2O5S/c1-21(15-27(36)19-30-22(2)34-23(3)41-30)29(37)18-26(16-24-11-7-5-8-12-24)32(39)35-28(31(38)33(4)20-40-33)17-25-13-9-6-10-14-25/h5-14,21,26,28H,15-20H2,1-4H3,(H,35,39)/t21-,26-,28+,33-/m1/s1. The molecule has 2 heterocycles. The molecule has 0 saturated carbocycles. The molecule has 1 N–H and O–H groups in total. The number of nitrogens with one attached hydrogen (secondary N) is 1. The zero-order chi connectivity index (χ0) is 29.6. The maximum absolute atomic E-state index is 13.7. The molecular weight excluding hydrogens is 536 g/mol. The molecule has 3 aromatic rings. The van der Waals surface area contributed by atoms with E-state index in [1.807, 2.05) is 74.5 Å². The number of rotatable bonds is 15. The van der Waals surface area contributed by atoms with Gasteiger partial charge in [0.15, 0.2) is 5.78 Å². The van der Waals surface area contributed by atoms with Gasteiger partial charge in [0.25, 0.3) is 0 Å². The highest BCUT2D eigenvalue weighted by Gasteiger charge is 2.50. The van der Waals surface area contributed by atoms with Crippen molar-refractivity contribution in [1.82, 2.24) is 10.3 Å². The molecule has 0 radical (unpaired) electrons. The molecule has 1 aromatic heterocycles. The fraction of sp³-hybridized carbons (Fsp3) is 0.424. The third kappa shape index (κ3) is 8.50. The Balaban J connectivity index is 1.46. The minimum Gasteiger partial charge on any atom is -0.361 e. The first-order chi connectivity index (χ1) is 19.5. The summed E-state index contributed by atoms with van der Waals surface area (Å²) in [5, 5.41) is 3.88. The number of nitrogens with zero attached hydrogens (tertiary/aromatic N) is 1. The second-order valence-corrected chi connectivity index (χ2v) is 12.5. The Kier molecular flexibility index (Phi) is 9.99. The molecule has 1 saturated heterocycles. The normalized spacial score (nSPS) is 18.2. The van der Waals surface area contributed by atoms with Crippen molar-refractivity contribution in [3.63, 3.8) is 0 Å². The van der Waals surface area contributed by atoms with E-state index in [4.69, 9.17) is 4.74 Å². The number of hydrogen-bond donors (Lipinski definition) is 1. The minimum absolute atomic E-state index is 0.0200. The highest BCUT2D eigenvalue weighted by atomic mass is 32.1. The zero-order valence-corrected chi connectivity index (χ0v) is 25.0. The number of carbonyl (C=O) groups excluding carboxylic acids is 4. The summed E-state index contributed by atoms with van der Waals surface area (Å²) in [7, 11) is 0. The average Bonchev–Trinajstić information content (AvgIpc) is 3.62. The smallest absolute Gasteiger partial charge is 0.224 e. The molecule has 0 unspecified atom stereocenters. The molecule has 0 spiro atoms. The predicted octanol–water partition coefficient (Wildman–Crippen LogP) is 4.80. The van der Waals surface area contributed by atoms with Crippen LogP contribution in [0.15, 0.2) is 60.7 Å². The van der Waals surface area contributed by atoms with Crippen molar-refractivity contribution in [2.45, 2.75) is 71.4 Å². The fourth-order valence-corrected chi connectivity index (χ4v) is 5.98. The molecule has 1 aliphatic heterocycles. The molecule has 4 atom stereocenters. The SMILES string of the molecule is Cc1nc(C)c(CC(=O)C[C@@H](C)C(=O)C[C@@H](Cc2ccccc2)C(=O)N[C@@H](Cc2ccccc2)C(=O)[C@@]2(C)CO2)s1. The van der Waals surface area contributed by atoms with Crippen LogP contribution in [-0.2, 0) is 43.2 Å². The molecular formula is C33H38N2O5S. The van der Waals surface area contributed by atoms with Crippen molar-refractivity contribution < 1.29 is 23.9 Å². The van der Waals surface area contributed by atoms with E-state index in [0.29, 0.717) is 19.4 Å².